The molecular weight excluding hydrogens is 346 g/mol. The van der Waals surface area contributed by atoms with Crippen molar-refractivity contribution in [2.75, 3.05) is 0 Å². The van der Waals surface area contributed by atoms with E-state index in [0.717, 1.165) is 33.6 Å². The number of Topliss-reactive ketones (excluding diaryl/α,β-unsaturated/α-hetero) is 1. The van der Waals surface area contributed by atoms with Gasteiger partial charge in [0.1, 0.15) is 5.78 Å². The van der Waals surface area contributed by atoms with Crippen LogP contribution in [-0.2, 0) is 17.6 Å². The molecule has 3 aromatic carbocycles. The smallest absolute Gasteiger partial charge is 0.181 e. The van der Waals surface area contributed by atoms with E-state index in [1.807, 2.05) is 48.5 Å². The average Bonchev–Trinajstić information content (AvgIpc) is 3.25. The van der Waals surface area contributed by atoms with Crippen LogP contribution in [0.4, 0.5) is 0 Å². The van der Waals surface area contributed by atoms with E-state index in [0.29, 0.717) is 12.8 Å². The van der Waals surface area contributed by atoms with Gasteiger partial charge in [0.25, 0.3) is 0 Å². The number of nitrogens with zero attached hydrogens (tertiary/aromatic N) is 1. The van der Waals surface area contributed by atoms with E-state index in [1.165, 1.54) is 12.0 Å². The Bertz CT molecular complexity index is 1070. The van der Waals surface area contributed by atoms with Crippen molar-refractivity contribution < 1.29 is 9.21 Å². The summed E-state index contributed by atoms with van der Waals surface area (Å²) in [6.07, 6.45) is 4.08. The number of carbonyl (C=O) groups is 1. The van der Waals surface area contributed by atoms with Crippen molar-refractivity contribution in [2.24, 2.45) is 0 Å². The highest BCUT2D eigenvalue weighted by Crippen LogP contribution is 2.29. The Balaban J connectivity index is 1.50. The number of carbonyl (C=O) groups excluding carboxylic acids is 1. The zero-order valence-corrected chi connectivity index (χ0v) is 15.8. The molecule has 0 radical (unpaired) electrons. The van der Waals surface area contributed by atoms with Crippen molar-refractivity contribution in [2.45, 2.75) is 19.8 Å². The fraction of sp³-hybridized carbons (Fsp3) is 0.120. The maximum atomic E-state index is 12.4. The van der Waals surface area contributed by atoms with Crippen LogP contribution in [0.2, 0.25) is 0 Å². The molecule has 3 heteroatoms. The molecule has 138 valence electrons. The summed E-state index contributed by atoms with van der Waals surface area (Å²) in [6.45, 7) is 2.09. The second-order valence-corrected chi connectivity index (χ2v) is 6.97. The first-order valence-electron chi connectivity index (χ1n) is 9.33. The van der Waals surface area contributed by atoms with Gasteiger partial charge < -0.3 is 4.42 Å². The first-order chi connectivity index (χ1) is 13.7. The van der Waals surface area contributed by atoms with Crippen molar-refractivity contribution in [3.8, 4) is 22.5 Å². The molecule has 0 fully saturated rings. The molecule has 1 heterocycles. The molecule has 0 saturated heterocycles. The summed E-state index contributed by atoms with van der Waals surface area (Å²) in [6, 6.07) is 24.4. The predicted molar refractivity (Wildman–Crippen MR) is 111 cm³/mol. The fourth-order valence-corrected chi connectivity index (χ4v) is 3.36. The van der Waals surface area contributed by atoms with Crippen LogP contribution in [0, 0.1) is 6.92 Å². The molecule has 0 aliphatic rings. The first kappa shape index (κ1) is 17.9. The predicted octanol–water partition coefficient (Wildman–Crippen LogP) is 5.67. The first-order valence-corrected chi connectivity index (χ1v) is 9.33. The van der Waals surface area contributed by atoms with Crippen LogP contribution >= 0.6 is 0 Å². The second kappa shape index (κ2) is 8.05. The van der Waals surface area contributed by atoms with Crippen molar-refractivity contribution in [3.63, 3.8) is 0 Å². The number of aromatic nitrogens is 1. The van der Waals surface area contributed by atoms with E-state index in [9.17, 15) is 4.79 Å². The minimum Gasteiger partial charge on any atom is -0.444 e. The van der Waals surface area contributed by atoms with Crippen molar-refractivity contribution in [1.82, 2.24) is 4.98 Å². The molecular formula is C25H21NO2. The minimum absolute atomic E-state index is 0.224. The van der Waals surface area contributed by atoms with Gasteiger partial charge in [-0.05, 0) is 40.8 Å². The number of oxazole rings is 1. The molecule has 0 N–H and O–H groups in total. The van der Waals surface area contributed by atoms with Gasteiger partial charge in [-0.1, -0.05) is 66.7 Å². The Hall–Kier alpha value is -3.46. The summed E-state index contributed by atoms with van der Waals surface area (Å²) >= 11 is 0. The maximum absolute atomic E-state index is 12.4. The zero-order valence-electron chi connectivity index (χ0n) is 15.8. The highest BCUT2D eigenvalue weighted by atomic mass is 16.3. The van der Waals surface area contributed by atoms with E-state index in [-0.39, 0.29) is 5.78 Å². The van der Waals surface area contributed by atoms with Gasteiger partial charge in [-0.25, -0.2) is 4.98 Å². The Morgan fingerprint density at radius 2 is 1.54 bits per heavy atom. The third kappa shape index (κ3) is 4.09. The summed E-state index contributed by atoms with van der Waals surface area (Å²) in [7, 11) is 0. The quantitative estimate of drug-likeness (QED) is 0.441. The molecule has 0 aliphatic heterocycles. The van der Waals surface area contributed by atoms with Crippen LogP contribution in [0.1, 0.15) is 16.7 Å². The highest BCUT2D eigenvalue weighted by Gasteiger charge is 2.09. The number of hydrogen-bond acceptors (Lipinski definition) is 3. The van der Waals surface area contributed by atoms with E-state index in [2.05, 4.69) is 36.2 Å². The number of hydrogen-bond donors (Lipinski definition) is 0. The second-order valence-electron chi connectivity index (χ2n) is 6.97. The molecule has 0 unspecified atom stereocenters. The molecule has 0 amide bonds. The van der Waals surface area contributed by atoms with Crippen molar-refractivity contribution in [1.29, 1.82) is 0 Å². The van der Waals surface area contributed by atoms with Gasteiger partial charge in [-0.15, -0.1) is 0 Å². The monoisotopic (exact) mass is 367 g/mol. The van der Waals surface area contributed by atoms with E-state index >= 15 is 0 Å². The van der Waals surface area contributed by atoms with E-state index < -0.39 is 0 Å². The van der Waals surface area contributed by atoms with Crippen LogP contribution in [0.3, 0.4) is 0 Å². The SMILES string of the molecule is Cc1ccc(-c2cnco2)cc1-c1ccc(CC(=O)Cc2ccccc2)cc1. The van der Waals surface area contributed by atoms with Gasteiger partial charge in [-0.3, -0.25) is 4.79 Å². The lowest BCUT2D eigenvalue weighted by Gasteiger charge is -2.09. The molecule has 0 aliphatic carbocycles. The van der Waals surface area contributed by atoms with Crippen LogP contribution in [0.5, 0.6) is 0 Å². The number of benzene rings is 3. The molecule has 0 saturated carbocycles. The summed E-state index contributed by atoms with van der Waals surface area (Å²) < 4.78 is 5.41. The standard InChI is InChI=1S/C25H21NO2/c1-18-7-10-22(25-16-26-17-28-25)15-24(18)21-11-8-20(9-12-21)14-23(27)13-19-5-3-2-4-6-19/h2-12,15-17H,13-14H2,1H3. The molecule has 28 heavy (non-hydrogen) atoms. The van der Waals surface area contributed by atoms with Crippen molar-refractivity contribution in [3.05, 3.63) is 102 Å². The lowest BCUT2D eigenvalue weighted by atomic mass is 9.95. The van der Waals surface area contributed by atoms with Gasteiger partial charge in [0.05, 0.1) is 6.20 Å². The average molecular weight is 367 g/mol. The van der Waals surface area contributed by atoms with Crippen LogP contribution in [-0.4, -0.2) is 10.8 Å². The van der Waals surface area contributed by atoms with Crippen molar-refractivity contribution >= 4 is 5.78 Å². The molecule has 3 nitrogen and oxygen atoms in total. The third-order valence-corrected chi connectivity index (χ3v) is 4.86. The Kier molecular flexibility index (Phi) is 5.16. The summed E-state index contributed by atoms with van der Waals surface area (Å²) in [5.41, 5.74) is 6.56. The number of aryl methyl sites for hydroxylation is 1. The molecule has 1 aromatic heterocycles. The molecule has 0 bridgehead atoms. The normalized spacial score (nSPS) is 10.8. The van der Waals surface area contributed by atoms with E-state index in [4.69, 9.17) is 4.42 Å². The largest absolute Gasteiger partial charge is 0.444 e. The van der Waals surface area contributed by atoms with Crippen LogP contribution in [0.25, 0.3) is 22.5 Å². The fourth-order valence-electron chi connectivity index (χ4n) is 3.36. The lowest BCUT2D eigenvalue weighted by molar-refractivity contribution is -0.117. The number of rotatable bonds is 6. The molecule has 0 atom stereocenters. The molecule has 4 rings (SSSR count). The van der Waals surface area contributed by atoms with Gasteiger partial charge in [-0.2, -0.15) is 0 Å². The Morgan fingerprint density at radius 3 is 2.21 bits per heavy atom. The zero-order chi connectivity index (χ0) is 19.3. The van der Waals surface area contributed by atoms with Gasteiger partial charge in [0, 0.05) is 18.4 Å². The summed E-state index contributed by atoms with van der Waals surface area (Å²) in [5, 5.41) is 0. The number of ketones is 1. The summed E-state index contributed by atoms with van der Waals surface area (Å²) in [5.74, 6) is 0.979. The summed E-state index contributed by atoms with van der Waals surface area (Å²) in [4.78, 5) is 16.3. The van der Waals surface area contributed by atoms with Gasteiger partial charge in [0.15, 0.2) is 12.2 Å². The van der Waals surface area contributed by atoms with Crippen LogP contribution < -0.4 is 0 Å². The Morgan fingerprint density at radius 1 is 0.857 bits per heavy atom. The van der Waals surface area contributed by atoms with Gasteiger partial charge >= 0.3 is 0 Å². The lowest BCUT2D eigenvalue weighted by Crippen LogP contribution is -2.06. The highest BCUT2D eigenvalue weighted by molar-refractivity contribution is 5.83. The Labute approximate surface area is 164 Å². The maximum Gasteiger partial charge on any atom is 0.181 e. The third-order valence-electron chi connectivity index (χ3n) is 4.86. The molecule has 4 aromatic rings. The minimum atomic E-state index is 0.224. The van der Waals surface area contributed by atoms with Crippen LogP contribution in [0.15, 0.2) is 89.8 Å². The topological polar surface area (TPSA) is 43.1 Å². The van der Waals surface area contributed by atoms with Gasteiger partial charge in [0.2, 0.25) is 0 Å². The van der Waals surface area contributed by atoms with E-state index in [1.54, 1.807) is 6.20 Å². The molecule has 0 spiro atoms.